The van der Waals surface area contributed by atoms with Crippen molar-refractivity contribution in [1.82, 2.24) is 0 Å². The van der Waals surface area contributed by atoms with Crippen molar-refractivity contribution in [3.8, 4) is 5.75 Å². The van der Waals surface area contributed by atoms with Gasteiger partial charge in [-0.2, -0.15) is 0 Å². The Balaban J connectivity index is 2.74. The van der Waals surface area contributed by atoms with E-state index in [4.69, 9.17) is 4.74 Å². The normalized spacial score (nSPS) is 12.0. The van der Waals surface area contributed by atoms with Gasteiger partial charge in [0.25, 0.3) is 0 Å². The van der Waals surface area contributed by atoms with Crippen LogP contribution in [-0.2, 0) is 0 Å². The van der Waals surface area contributed by atoms with Gasteiger partial charge in [-0.3, -0.25) is 4.99 Å². The van der Waals surface area contributed by atoms with Crippen LogP contribution in [0.5, 0.6) is 5.75 Å². The van der Waals surface area contributed by atoms with Gasteiger partial charge >= 0.3 is 0 Å². The second-order valence-corrected chi connectivity index (χ2v) is 5.03. The van der Waals surface area contributed by atoms with Gasteiger partial charge in [0.05, 0.1) is 13.2 Å². The number of nitrogens with zero attached hydrogens (tertiary/aromatic N) is 1. The van der Waals surface area contributed by atoms with Crippen molar-refractivity contribution in [2.24, 2.45) is 16.8 Å². The van der Waals surface area contributed by atoms with Crippen molar-refractivity contribution < 1.29 is 4.74 Å². The van der Waals surface area contributed by atoms with E-state index in [2.05, 4.69) is 32.7 Å². The minimum absolute atomic E-state index is 0.386. The number of hydrogen-bond acceptors (Lipinski definition) is 2. The average molecular weight is 233 g/mol. The molecule has 1 rings (SSSR count). The Morgan fingerprint density at radius 2 is 1.53 bits per heavy atom. The molecule has 0 N–H and O–H groups in total. The molecule has 0 saturated heterocycles. The number of ether oxygens (including phenoxy) is 1. The third kappa shape index (κ3) is 4.22. The van der Waals surface area contributed by atoms with E-state index in [1.54, 1.807) is 7.11 Å². The van der Waals surface area contributed by atoms with Gasteiger partial charge in [0.15, 0.2) is 0 Å². The van der Waals surface area contributed by atoms with Crippen LogP contribution in [0.3, 0.4) is 0 Å². The summed E-state index contributed by atoms with van der Waals surface area (Å²) in [7, 11) is 1.68. The number of hydrogen-bond donors (Lipinski definition) is 0. The van der Waals surface area contributed by atoms with Crippen LogP contribution in [0, 0.1) is 11.8 Å². The monoisotopic (exact) mass is 233 g/mol. The van der Waals surface area contributed by atoms with Crippen molar-refractivity contribution in [2.75, 3.05) is 7.11 Å². The second-order valence-electron chi connectivity index (χ2n) is 5.03. The summed E-state index contributed by atoms with van der Waals surface area (Å²) < 4.78 is 5.13. The predicted octanol–water partition coefficient (Wildman–Crippen LogP) is 3.79. The van der Waals surface area contributed by atoms with Crippen molar-refractivity contribution in [3.05, 3.63) is 29.8 Å². The SMILES string of the molecule is COc1ccc(C=NC(C(C)C)C(C)C)cc1. The standard InChI is InChI=1S/C15H23NO/c1-11(2)15(12(3)4)16-10-13-6-8-14(17-5)9-7-13/h6-12,15H,1-5H3. The van der Waals surface area contributed by atoms with Gasteiger partial charge in [0.2, 0.25) is 0 Å². The van der Waals surface area contributed by atoms with Crippen LogP contribution in [0.2, 0.25) is 0 Å². The van der Waals surface area contributed by atoms with E-state index < -0.39 is 0 Å². The van der Waals surface area contributed by atoms with Crippen molar-refractivity contribution in [3.63, 3.8) is 0 Å². The Morgan fingerprint density at radius 1 is 1.00 bits per heavy atom. The molecule has 0 radical (unpaired) electrons. The molecule has 2 nitrogen and oxygen atoms in total. The van der Waals surface area contributed by atoms with E-state index in [1.807, 2.05) is 30.5 Å². The maximum atomic E-state index is 5.13. The Labute approximate surface area is 105 Å². The molecule has 2 heteroatoms. The van der Waals surface area contributed by atoms with E-state index in [0.29, 0.717) is 17.9 Å². The van der Waals surface area contributed by atoms with E-state index >= 15 is 0 Å². The molecule has 0 aliphatic carbocycles. The van der Waals surface area contributed by atoms with Crippen molar-refractivity contribution in [2.45, 2.75) is 33.7 Å². The molecule has 0 atom stereocenters. The van der Waals surface area contributed by atoms with Crippen LogP contribution < -0.4 is 4.74 Å². The predicted molar refractivity (Wildman–Crippen MR) is 74.1 cm³/mol. The second kappa shape index (κ2) is 6.43. The Kier molecular flexibility index (Phi) is 5.20. The highest BCUT2D eigenvalue weighted by molar-refractivity contribution is 5.79. The first-order chi connectivity index (χ1) is 8.04. The fraction of sp³-hybridized carbons (Fsp3) is 0.533. The largest absolute Gasteiger partial charge is 0.497 e. The zero-order valence-corrected chi connectivity index (χ0v) is 11.5. The zero-order valence-electron chi connectivity index (χ0n) is 11.5. The summed E-state index contributed by atoms with van der Waals surface area (Å²) in [5.74, 6) is 2.03. The lowest BCUT2D eigenvalue weighted by Gasteiger charge is -2.20. The smallest absolute Gasteiger partial charge is 0.118 e. The zero-order chi connectivity index (χ0) is 12.8. The first kappa shape index (κ1) is 13.8. The van der Waals surface area contributed by atoms with Gasteiger partial charge in [0.1, 0.15) is 5.75 Å². The highest BCUT2D eigenvalue weighted by Crippen LogP contribution is 2.16. The Hall–Kier alpha value is -1.31. The Morgan fingerprint density at radius 3 is 1.94 bits per heavy atom. The van der Waals surface area contributed by atoms with Crippen molar-refractivity contribution in [1.29, 1.82) is 0 Å². The minimum atomic E-state index is 0.386. The quantitative estimate of drug-likeness (QED) is 0.709. The topological polar surface area (TPSA) is 21.6 Å². The highest BCUT2D eigenvalue weighted by atomic mass is 16.5. The number of rotatable bonds is 5. The molecule has 1 aromatic carbocycles. The van der Waals surface area contributed by atoms with Gasteiger partial charge in [-0.15, -0.1) is 0 Å². The molecule has 0 aliphatic rings. The lowest BCUT2D eigenvalue weighted by atomic mass is 9.94. The molecular formula is C15H23NO. The fourth-order valence-corrected chi connectivity index (χ4v) is 1.98. The van der Waals surface area contributed by atoms with Crippen LogP contribution in [0.15, 0.2) is 29.3 Å². The summed E-state index contributed by atoms with van der Waals surface area (Å²) in [4.78, 5) is 4.68. The molecule has 0 heterocycles. The van der Waals surface area contributed by atoms with Crippen LogP contribution in [0.1, 0.15) is 33.3 Å². The molecule has 0 amide bonds. The molecule has 94 valence electrons. The molecule has 0 aliphatic heterocycles. The molecule has 1 aromatic rings. The molecular weight excluding hydrogens is 210 g/mol. The van der Waals surface area contributed by atoms with Gasteiger partial charge in [-0.1, -0.05) is 27.7 Å². The third-order valence-corrected chi connectivity index (χ3v) is 2.88. The summed E-state index contributed by atoms with van der Waals surface area (Å²) in [5, 5.41) is 0. The summed E-state index contributed by atoms with van der Waals surface area (Å²) in [6.07, 6.45) is 1.96. The Bertz CT molecular complexity index is 344. The average Bonchev–Trinajstić information content (AvgIpc) is 2.29. The third-order valence-electron chi connectivity index (χ3n) is 2.88. The van der Waals surface area contributed by atoms with Crippen LogP contribution in [-0.4, -0.2) is 19.4 Å². The van der Waals surface area contributed by atoms with Crippen LogP contribution >= 0.6 is 0 Å². The first-order valence-corrected chi connectivity index (χ1v) is 6.21. The molecule has 0 unspecified atom stereocenters. The maximum absolute atomic E-state index is 5.13. The van der Waals surface area contributed by atoms with E-state index in [0.717, 1.165) is 11.3 Å². The van der Waals surface area contributed by atoms with Crippen LogP contribution in [0.25, 0.3) is 0 Å². The van der Waals surface area contributed by atoms with Gasteiger partial charge in [-0.05, 0) is 41.7 Å². The van der Waals surface area contributed by atoms with Crippen molar-refractivity contribution >= 4 is 6.21 Å². The summed E-state index contributed by atoms with van der Waals surface area (Å²) in [6, 6.07) is 8.36. The molecule has 17 heavy (non-hydrogen) atoms. The number of methoxy groups -OCH3 is 1. The van der Waals surface area contributed by atoms with E-state index in [9.17, 15) is 0 Å². The van der Waals surface area contributed by atoms with Gasteiger partial charge < -0.3 is 4.74 Å². The molecule has 0 aromatic heterocycles. The summed E-state index contributed by atoms with van der Waals surface area (Å²) in [5.41, 5.74) is 1.12. The lowest BCUT2D eigenvalue weighted by molar-refractivity contribution is 0.390. The molecule has 0 spiro atoms. The number of benzene rings is 1. The fourth-order valence-electron chi connectivity index (χ4n) is 1.98. The highest BCUT2D eigenvalue weighted by Gasteiger charge is 2.14. The van der Waals surface area contributed by atoms with E-state index in [-0.39, 0.29) is 0 Å². The van der Waals surface area contributed by atoms with E-state index in [1.165, 1.54) is 0 Å². The summed E-state index contributed by atoms with van der Waals surface area (Å²) >= 11 is 0. The molecule has 0 bridgehead atoms. The molecule has 0 saturated carbocycles. The molecule has 0 fully saturated rings. The lowest BCUT2D eigenvalue weighted by Crippen LogP contribution is -2.19. The number of aliphatic imine (C=N–C) groups is 1. The minimum Gasteiger partial charge on any atom is -0.497 e. The maximum Gasteiger partial charge on any atom is 0.118 e. The van der Waals surface area contributed by atoms with Crippen LogP contribution in [0.4, 0.5) is 0 Å². The van der Waals surface area contributed by atoms with Gasteiger partial charge in [0, 0.05) is 6.21 Å². The van der Waals surface area contributed by atoms with Gasteiger partial charge in [-0.25, -0.2) is 0 Å². The first-order valence-electron chi connectivity index (χ1n) is 6.21. The summed E-state index contributed by atoms with van der Waals surface area (Å²) in [6.45, 7) is 8.87.